The van der Waals surface area contributed by atoms with Gasteiger partial charge in [0.25, 0.3) is 5.91 Å². The molecule has 0 aliphatic carbocycles. The van der Waals surface area contributed by atoms with Gasteiger partial charge in [-0.1, -0.05) is 30.3 Å². The molecule has 0 bridgehead atoms. The Labute approximate surface area is 167 Å². The molecular weight excluding hydrogens is 428 g/mol. The molecule has 3 aromatic rings. The Bertz CT molecular complexity index is 1130. The minimum Gasteiger partial charge on any atom is -0.311 e. The van der Waals surface area contributed by atoms with Crippen LogP contribution < -0.4 is 4.90 Å². The van der Waals surface area contributed by atoms with Crippen LogP contribution in [0.2, 0.25) is 0 Å². The summed E-state index contributed by atoms with van der Waals surface area (Å²) in [6, 6.07) is 18.3. The lowest BCUT2D eigenvalue weighted by molar-refractivity contribution is 0.0993. The Morgan fingerprint density at radius 1 is 0.889 bits per heavy atom. The molecule has 7 heteroatoms. The Morgan fingerprint density at radius 3 is 2.22 bits per heavy atom. The zero-order chi connectivity index (χ0) is 19.8. The molecule has 0 aliphatic heterocycles. The van der Waals surface area contributed by atoms with Crippen molar-refractivity contribution in [3.05, 3.63) is 70.7 Å². The lowest BCUT2D eigenvalue weighted by atomic mass is 10.1. The first-order valence-electron chi connectivity index (χ1n) is 8.21. The van der Waals surface area contributed by atoms with Gasteiger partial charge in [0.2, 0.25) is 10.0 Å². The van der Waals surface area contributed by atoms with Crippen molar-refractivity contribution in [2.75, 3.05) is 26.0 Å². The topological polar surface area (TPSA) is 57.7 Å². The first-order chi connectivity index (χ1) is 12.7. The van der Waals surface area contributed by atoms with Crippen LogP contribution in [0.3, 0.4) is 0 Å². The van der Waals surface area contributed by atoms with Gasteiger partial charge in [-0.05, 0) is 57.0 Å². The van der Waals surface area contributed by atoms with E-state index in [1.54, 1.807) is 19.2 Å². The molecule has 0 fully saturated rings. The highest BCUT2D eigenvalue weighted by molar-refractivity contribution is 9.10. The number of amides is 1. The van der Waals surface area contributed by atoms with Crippen LogP contribution in [0.4, 0.5) is 5.69 Å². The van der Waals surface area contributed by atoms with Crippen LogP contribution in [0.15, 0.2) is 70.0 Å². The molecule has 5 nitrogen and oxygen atoms in total. The average Bonchev–Trinajstić information content (AvgIpc) is 2.66. The first-order valence-corrected chi connectivity index (χ1v) is 10.4. The van der Waals surface area contributed by atoms with Crippen molar-refractivity contribution in [3.63, 3.8) is 0 Å². The van der Waals surface area contributed by atoms with Crippen molar-refractivity contribution >= 4 is 48.3 Å². The molecular formula is C20H19BrN2O3S. The highest BCUT2D eigenvalue weighted by Gasteiger charge is 2.23. The summed E-state index contributed by atoms with van der Waals surface area (Å²) in [5.74, 6) is -0.284. The molecule has 0 unspecified atom stereocenters. The van der Waals surface area contributed by atoms with E-state index in [4.69, 9.17) is 0 Å². The maximum atomic E-state index is 12.9. The lowest BCUT2D eigenvalue weighted by Gasteiger charge is -2.19. The highest BCUT2D eigenvalue weighted by atomic mass is 79.9. The van der Waals surface area contributed by atoms with Gasteiger partial charge in [-0.2, -0.15) is 0 Å². The Morgan fingerprint density at radius 2 is 1.56 bits per heavy atom. The molecule has 0 aliphatic rings. The van der Waals surface area contributed by atoms with E-state index in [1.807, 2.05) is 42.5 Å². The monoisotopic (exact) mass is 446 g/mol. The smallest absolute Gasteiger partial charge is 0.258 e. The van der Waals surface area contributed by atoms with E-state index in [9.17, 15) is 13.2 Å². The van der Waals surface area contributed by atoms with E-state index < -0.39 is 10.0 Å². The number of fused-ring (bicyclic) bond motifs is 1. The van der Waals surface area contributed by atoms with E-state index >= 15 is 0 Å². The largest absolute Gasteiger partial charge is 0.311 e. The van der Waals surface area contributed by atoms with Crippen molar-refractivity contribution in [1.29, 1.82) is 0 Å². The molecule has 27 heavy (non-hydrogen) atoms. The number of carbonyl (C=O) groups is 1. The second-order valence-corrected chi connectivity index (χ2v) is 9.30. The van der Waals surface area contributed by atoms with Gasteiger partial charge >= 0.3 is 0 Å². The normalized spacial score (nSPS) is 11.7. The maximum Gasteiger partial charge on any atom is 0.258 e. The van der Waals surface area contributed by atoms with E-state index in [-0.39, 0.29) is 10.8 Å². The van der Waals surface area contributed by atoms with Crippen LogP contribution in [0.25, 0.3) is 10.8 Å². The zero-order valence-electron chi connectivity index (χ0n) is 15.2. The van der Waals surface area contributed by atoms with E-state index in [0.29, 0.717) is 10.0 Å². The van der Waals surface area contributed by atoms with Crippen LogP contribution in [0.1, 0.15) is 10.4 Å². The molecule has 0 atom stereocenters. The summed E-state index contributed by atoms with van der Waals surface area (Å²) in [5.41, 5.74) is 1.04. The third-order valence-electron chi connectivity index (χ3n) is 4.36. The molecule has 0 heterocycles. The number of hydrogen-bond donors (Lipinski definition) is 0. The fraction of sp³-hybridized carbons (Fsp3) is 0.150. The molecule has 1 amide bonds. The molecule has 0 spiro atoms. The van der Waals surface area contributed by atoms with Gasteiger partial charge in [-0.3, -0.25) is 4.79 Å². The van der Waals surface area contributed by atoms with Gasteiger partial charge in [0.1, 0.15) is 0 Å². The number of halogens is 1. The van der Waals surface area contributed by atoms with E-state index in [1.165, 1.54) is 25.1 Å². The minimum absolute atomic E-state index is 0.0604. The van der Waals surface area contributed by atoms with Crippen molar-refractivity contribution in [3.8, 4) is 0 Å². The number of anilines is 1. The summed E-state index contributed by atoms with van der Waals surface area (Å²) < 4.78 is 26.5. The van der Waals surface area contributed by atoms with Gasteiger partial charge in [0.05, 0.1) is 4.90 Å². The average molecular weight is 447 g/mol. The summed E-state index contributed by atoms with van der Waals surface area (Å²) in [4.78, 5) is 14.5. The zero-order valence-corrected chi connectivity index (χ0v) is 17.6. The second-order valence-electron chi connectivity index (χ2n) is 6.33. The minimum atomic E-state index is -3.67. The molecule has 0 aromatic heterocycles. The van der Waals surface area contributed by atoms with Crippen molar-refractivity contribution < 1.29 is 13.2 Å². The van der Waals surface area contributed by atoms with Crippen LogP contribution in [-0.4, -0.2) is 39.8 Å². The summed E-state index contributed by atoms with van der Waals surface area (Å²) in [7, 11) is 0.920. The van der Waals surface area contributed by atoms with Crippen LogP contribution in [0.5, 0.6) is 0 Å². The molecule has 0 saturated heterocycles. The van der Waals surface area contributed by atoms with Crippen molar-refractivity contribution in [2.24, 2.45) is 0 Å². The molecule has 140 valence electrons. The van der Waals surface area contributed by atoms with Gasteiger partial charge in [0, 0.05) is 36.9 Å². The van der Waals surface area contributed by atoms with E-state index in [0.717, 1.165) is 20.8 Å². The first kappa shape index (κ1) is 19.5. The van der Waals surface area contributed by atoms with Crippen LogP contribution in [-0.2, 0) is 10.0 Å². The van der Waals surface area contributed by atoms with Gasteiger partial charge in [-0.25, -0.2) is 12.7 Å². The summed E-state index contributed by atoms with van der Waals surface area (Å²) in [6.07, 6.45) is 0. The number of carbonyl (C=O) groups excluding carboxylic acids is 1. The second kappa shape index (κ2) is 7.42. The summed E-state index contributed by atoms with van der Waals surface area (Å²) >= 11 is 3.26. The van der Waals surface area contributed by atoms with Crippen LogP contribution >= 0.6 is 15.9 Å². The van der Waals surface area contributed by atoms with Crippen LogP contribution in [0, 0.1) is 0 Å². The quantitative estimate of drug-likeness (QED) is 0.605. The Kier molecular flexibility index (Phi) is 5.37. The van der Waals surface area contributed by atoms with Crippen molar-refractivity contribution in [2.45, 2.75) is 4.90 Å². The number of rotatable bonds is 4. The SMILES string of the molecule is CN(C(=O)c1ccc(Br)c(S(=O)(=O)N(C)C)c1)c1ccc2ccccc2c1. The lowest BCUT2D eigenvalue weighted by Crippen LogP contribution is -2.27. The number of nitrogens with zero attached hydrogens (tertiary/aromatic N) is 2. The third kappa shape index (κ3) is 3.76. The fourth-order valence-electron chi connectivity index (χ4n) is 2.73. The number of sulfonamides is 1. The standard InChI is InChI=1S/C20H19BrN2O3S/c1-22(2)27(25,26)19-13-16(9-11-18(19)21)20(24)23(3)17-10-8-14-6-4-5-7-15(14)12-17/h4-13H,1-3H3. The van der Waals surface area contributed by atoms with Gasteiger partial charge < -0.3 is 4.90 Å². The summed E-state index contributed by atoms with van der Waals surface area (Å²) in [6.45, 7) is 0. The Balaban J connectivity index is 1.99. The molecule has 3 rings (SSSR count). The Hall–Kier alpha value is -2.22. The predicted molar refractivity (Wildman–Crippen MR) is 112 cm³/mol. The fourth-order valence-corrected chi connectivity index (χ4v) is 4.57. The summed E-state index contributed by atoms with van der Waals surface area (Å²) in [5, 5.41) is 2.12. The maximum absolute atomic E-state index is 12.9. The number of benzene rings is 3. The predicted octanol–water partition coefficient (Wildman–Crippen LogP) is 4.13. The number of hydrogen-bond acceptors (Lipinski definition) is 3. The molecule has 3 aromatic carbocycles. The van der Waals surface area contributed by atoms with Crippen molar-refractivity contribution in [1.82, 2.24) is 4.31 Å². The highest BCUT2D eigenvalue weighted by Crippen LogP contribution is 2.27. The molecule has 0 N–H and O–H groups in total. The van der Waals surface area contributed by atoms with E-state index in [2.05, 4.69) is 15.9 Å². The molecule has 0 radical (unpaired) electrons. The van der Waals surface area contributed by atoms with Gasteiger partial charge in [0.15, 0.2) is 0 Å². The van der Waals surface area contributed by atoms with Gasteiger partial charge in [-0.15, -0.1) is 0 Å². The third-order valence-corrected chi connectivity index (χ3v) is 7.17. The molecule has 0 saturated carbocycles.